The lowest BCUT2D eigenvalue weighted by Crippen LogP contribution is -2.35. The van der Waals surface area contributed by atoms with Gasteiger partial charge in [0.05, 0.1) is 6.42 Å². The van der Waals surface area contributed by atoms with Crippen molar-refractivity contribution in [3.05, 3.63) is 35.9 Å². The number of hydrogen-bond donors (Lipinski definition) is 1. The predicted octanol–water partition coefficient (Wildman–Crippen LogP) is 1.22. The Morgan fingerprint density at radius 2 is 1.79 bits per heavy atom. The van der Waals surface area contributed by atoms with Crippen molar-refractivity contribution in [3.63, 3.8) is 0 Å². The molecular weight excluding hydrogens is 246 g/mol. The summed E-state index contributed by atoms with van der Waals surface area (Å²) in [4.78, 5) is 33.9. The van der Waals surface area contributed by atoms with Crippen LogP contribution in [0.25, 0.3) is 0 Å². The van der Waals surface area contributed by atoms with Crippen molar-refractivity contribution in [3.8, 4) is 0 Å². The summed E-state index contributed by atoms with van der Waals surface area (Å²) in [6, 6.07) is 9.07. The largest absolute Gasteiger partial charge is 0.456 e. The molecule has 0 unspecified atom stereocenters. The number of carbonyl (C=O) groups is 3. The molecule has 0 radical (unpaired) electrons. The summed E-state index contributed by atoms with van der Waals surface area (Å²) in [7, 11) is 0. The van der Waals surface area contributed by atoms with Crippen LogP contribution in [0.5, 0.6) is 0 Å². The Morgan fingerprint density at radius 3 is 2.42 bits per heavy atom. The fourth-order valence-corrected chi connectivity index (χ4v) is 1.44. The number of nitrogens with one attached hydrogen (secondary N) is 1. The van der Waals surface area contributed by atoms with E-state index in [1.807, 2.05) is 25.1 Å². The highest BCUT2D eigenvalue weighted by molar-refractivity contribution is 5.97. The minimum atomic E-state index is -0.606. The number of esters is 1. The lowest BCUT2D eigenvalue weighted by Gasteiger charge is -2.05. The lowest BCUT2D eigenvalue weighted by atomic mass is 10.1. The molecule has 0 aromatic heterocycles. The quantitative estimate of drug-likeness (QED) is 0.783. The molecule has 5 nitrogen and oxygen atoms in total. The summed E-state index contributed by atoms with van der Waals surface area (Å²) in [5.74, 6) is -1.46. The molecule has 102 valence electrons. The first kappa shape index (κ1) is 14.9. The fourth-order valence-electron chi connectivity index (χ4n) is 1.44. The Bertz CT molecular complexity index is 442. The summed E-state index contributed by atoms with van der Waals surface area (Å²) in [5, 5.41) is 2.17. The van der Waals surface area contributed by atoms with Gasteiger partial charge in [-0.15, -0.1) is 0 Å². The van der Waals surface area contributed by atoms with Crippen molar-refractivity contribution in [1.29, 1.82) is 0 Å². The van der Waals surface area contributed by atoms with E-state index in [0.717, 1.165) is 5.56 Å². The average molecular weight is 263 g/mol. The summed E-state index contributed by atoms with van der Waals surface area (Å²) in [6.45, 7) is 1.42. The van der Waals surface area contributed by atoms with E-state index in [0.29, 0.717) is 6.42 Å². The molecule has 0 bridgehead atoms. The Labute approximate surface area is 111 Å². The van der Waals surface area contributed by atoms with Crippen LogP contribution in [0.1, 0.15) is 25.3 Å². The van der Waals surface area contributed by atoms with Gasteiger partial charge in [-0.25, -0.2) is 0 Å². The smallest absolute Gasteiger partial charge is 0.306 e. The first-order valence-corrected chi connectivity index (χ1v) is 6.14. The predicted molar refractivity (Wildman–Crippen MR) is 69.2 cm³/mol. The van der Waals surface area contributed by atoms with Gasteiger partial charge in [-0.1, -0.05) is 37.3 Å². The second kappa shape index (κ2) is 8.02. The Morgan fingerprint density at radius 1 is 1.11 bits per heavy atom. The number of carbonyl (C=O) groups excluding carboxylic acids is 3. The minimum Gasteiger partial charge on any atom is -0.456 e. The van der Waals surface area contributed by atoms with E-state index in [2.05, 4.69) is 5.32 Å². The van der Waals surface area contributed by atoms with Gasteiger partial charge in [0, 0.05) is 6.42 Å². The average Bonchev–Trinajstić information content (AvgIpc) is 2.38. The van der Waals surface area contributed by atoms with Gasteiger partial charge in [0.1, 0.15) is 0 Å². The minimum absolute atomic E-state index is 0.121. The first-order valence-electron chi connectivity index (χ1n) is 6.14. The second-order valence-corrected chi connectivity index (χ2v) is 4.04. The van der Waals surface area contributed by atoms with E-state index in [9.17, 15) is 14.4 Å². The third-order valence-corrected chi connectivity index (χ3v) is 2.30. The third-order valence-electron chi connectivity index (χ3n) is 2.30. The van der Waals surface area contributed by atoms with Crippen molar-refractivity contribution < 1.29 is 19.1 Å². The van der Waals surface area contributed by atoms with Crippen LogP contribution in [0.4, 0.5) is 0 Å². The molecule has 0 spiro atoms. The van der Waals surface area contributed by atoms with Gasteiger partial charge in [0.15, 0.2) is 6.61 Å². The van der Waals surface area contributed by atoms with E-state index in [-0.39, 0.29) is 12.8 Å². The zero-order chi connectivity index (χ0) is 14.1. The van der Waals surface area contributed by atoms with E-state index in [1.165, 1.54) is 0 Å². The van der Waals surface area contributed by atoms with E-state index in [4.69, 9.17) is 4.74 Å². The molecule has 1 rings (SSSR count). The molecule has 0 aliphatic carbocycles. The van der Waals surface area contributed by atoms with Crippen LogP contribution in [0.2, 0.25) is 0 Å². The van der Waals surface area contributed by atoms with E-state index < -0.39 is 24.4 Å². The van der Waals surface area contributed by atoms with Crippen LogP contribution in [-0.2, 0) is 25.5 Å². The molecule has 1 aromatic rings. The molecule has 0 fully saturated rings. The van der Waals surface area contributed by atoms with Gasteiger partial charge in [-0.3, -0.25) is 19.7 Å². The van der Waals surface area contributed by atoms with E-state index in [1.54, 1.807) is 12.1 Å². The number of ether oxygens (including phenoxy) is 1. The SMILES string of the molecule is CCCC(=O)OCC(=O)NC(=O)Cc1ccccc1. The molecule has 19 heavy (non-hydrogen) atoms. The summed E-state index contributed by atoms with van der Waals surface area (Å²) in [6.07, 6.45) is 1.05. The van der Waals surface area contributed by atoms with Crippen LogP contribution in [0, 0.1) is 0 Å². The van der Waals surface area contributed by atoms with Crippen molar-refractivity contribution in [2.24, 2.45) is 0 Å². The van der Waals surface area contributed by atoms with Gasteiger partial charge in [0.25, 0.3) is 5.91 Å². The highest BCUT2D eigenvalue weighted by Crippen LogP contribution is 1.99. The normalized spacial score (nSPS) is 9.74. The second-order valence-electron chi connectivity index (χ2n) is 4.04. The summed E-state index contributed by atoms with van der Waals surface area (Å²) >= 11 is 0. The maximum Gasteiger partial charge on any atom is 0.306 e. The summed E-state index contributed by atoms with van der Waals surface area (Å²) < 4.78 is 4.69. The molecule has 0 saturated heterocycles. The van der Waals surface area contributed by atoms with Gasteiger partial charge < -0.3 is 4.74 Å². The molecule has 0 aliphatic heterocycles. The van der Waals surface area contributed by atoms with Gasteiger partial charge in [-0.05, 0) is 12.0 Å². The van der Waals surface area contributed by atoms with Crippen LogP contribution >= 0.6 is 0 Å². The lowest BCUT2D eigenvalue weighted by molar-refractivity contribution is -0.149. The Kier molecular flexibility index (Phi) is 6.29. The molecule has 1 N–H and O–H groups in total. The van der Waals surface area contributed by atoms with Crippen molar-refractivity contribution in [2.45, 2.75) is 26.2 Å². The highest BCUT2D eigenvalue weighted by atomic mass is 16.5. The maximum absolute atomic E-state index is 11.5. The summed E-state index contributed by atoms with van der Waals surface area (Å²) in [5.41, 5.74) is 0.816. The zero-order valence-corrected chi connectivity index (χ0v) is 10.8. The van der Waals surface area contributed by atoms with Crippen molar-refractivity contribution >= 4 is 17.8 Å². The monoisotopic (exact) mass is 263 g/mol. The number of hydrogen-bond acceptors (Lipinski definition) is 4. The molecule has 1 aromatic carbocycles. The Hall–Kier alpha value is -2.17. The van der Waals surface area contributed by atoms with Gasteiger partial charge >= 0.3 is 5.97 Å². The molecular formula is C14H17NO4. The van der Waals surface area contributed by atoms with Crippen molar-refractivity contribution in [2.75, 3.05) is 6.61 Å². The van der Waals surface area contributed by atoms with Crippen LogP contribution in [0.15, 0.2) is 30.3 Å². The molecule has 5 heteroatoms. The number of rotatable bonds is 6. The molecule has 0 aliphatic rings. The maximum atomic E-state index is 11.5. The highest BCUT2D eigenvalue weighted by Gasteiger charge is 2.10. The van der Waals surface area contributed by atoms with Crippen molar-refractivity contribution in [1.82, 2.24) is 5.32 Å². The number of imide groups is 1. The molecule has 0 atom stereocenters. The molecule has 2 amide bonds. The van der Waals surface area contributed by atoms with Gasteiger partial charge in [-0.2, -0.15) is 0 Å². The first-order chi connectivity index (χ1) is 9.11. The zero-order valence-electron chi connectivity index (χ0n) is 10.8. The standard InChI is InChI=1S/C14H17NO4/c1-2-6-14(18)19-10-13(17)15-12(16)9-11-7-4-3-5-8-11/h3-5,7-8H,2,6,9-10H2,1H3,(H,15,16,17). The topological polar surface area (TPSA) is 72.5 Å². The van der Waals surface area contributed by atoms with Crippen LogP contribution < -0.4 is 5.32 Å². The van der Waals surface area contributed by atoms with E-state index >= 15 is 0 Å². The molecule has 0 heterocycles. The third kappa shape index (κ3) is 6.35. The van der Waals surface area contributed by atoms with Gasteiger partial charge in [0.2, 0.25) is 5.91 Å². The van der Waals surface area contributed by atoms with Crippen LogP contribution in [-0.4, -0.2) is 24.4 Å². The van der Waals surface area contributed by atoms with Crippen LogP contribution in [0.3, 0.4) is 0 Å². The number of benzene rings is 1. The number of amides is 2. The molecule has 0 saturated carbocycles. The fraction of sp³-hybridized carbons (Fsp3) is 0.357. The Balaban J connectivity index is 2.28.